The molecule has 2 N–H and O–H groups in total. The Morgan fingerprint density at radius 1 is 1.21 bits per heavy atom. The average Bonchev–Trinajstić information content (AvgIpc) is 2.69. The molecule has 8 heteroatoms. The molecule has 1 amide bonds. The summed E-state index contributed by atoms with van der Waals surface area (Å²) in [6.07, 6.45) is 5.46. The molecule has 1 saturated heterocycles. The number of amides is 1. The fraction of sp³-hybridized carbons (Fsp3) is 0.619. The van der Waals surface area contributed by atoms with Gasteiger partial charge in [-0.2, -0.15) is 0 Å². The molecule has 2 fully saturated rings. The van der Waals surface area contributed by atoms with Crippen LogP contribution >= 0.6 is 24.0 Å². The smallest absolute Gasteiger partial charge is 0.409 e. The molecule has 0 aromatic heterocycles. The molecule has 7 nitrogen and oxygen atoms in total. The van der Waals surface area contributed by atoms with Crippen LogP contribution in [0, 0.1) is 0 Å². The van der Waals surface area contributed by atoms with Crippen LogP contribution in [-0.2, 0) is 11.3 Å². The number of rotatable bonds is 6. The molecule has 0 bridgehead atoms. The molecular weight excluding hydrogens is 483 g/mol. The summed E-state index contributed by atoms with van der Waals surface area (Å²) in [7, 11) is 1.78. The van der Waals surface area contributed by atoms with Crippen molar-refractivity contribution in [1.82, 2.24) is 15.5 Å². The Kier molecular flexibility index (Phi) is 9.83. The zero-order chi connectivity index (χ0) is 19.8. The van der Waals surface area contributed by atoms with E-state index >= 15 is 0 Å². The molecule has 0 spiro atoms. The summed E-state index contributed by atoms with van der Waals surface area (Å²) in [5, 5.41) is 6.86. The van der Waals surface area contributed by atoms with Crippen LogP contribution in [0.4, 0.5) is 4.79 Å². The van der Waals surface area contributed by atoms with Crippen LogP contribution in [0.2, 0.25) is 0 Å². The second kappa shape index (κ2) is 12.1. The molecule has 2 aliphatic rings. The highest BCUT2D eigenvalue weighted by Gasteiger charge is 2.24. The zero-order valence-electron chi connectivity index (χ0n) is 17.4. The minimum atomic E-state index is -0.216. The number of hydrogen-bond acceptors (Lipinski definition) is 4. The van der Waals surface area contributed by atoms with Gasteiger partial charge in [0.15, 0.2) is 5.96 Å². The molecular formula is C21H33IN4O3. The zero-order valence-corrected chi connectivity index (χ0v) is 19.7. The normalized spacial score (nSPS) is 17.7. The van der Waals surface area contributed by atoms with Crippen LogP contribution in [0.25, 0.3) is 0 Å². The quantitative estimate of drug-likeness (QED) is 0.344. The maximum atomic E-state index is 11.8. The van der Waals surface area contributed by atoms with Crippen LogP contribution in [0.1, 0.15) is 44.6 Å². The van der Waals surface area contributed by atoms with Gasteiger partial charge in [0.25, 0.3) is 0 Å². The van der Waals surface area contributed by atoms with Gasteiger partial charge in [0.1, 0.15) is 5.75 Å². The lowest BCUT2D eigenvalue weighted by Gasteiger charge is -2.32. The molecule has 1 saturated carbocycles. The molecule has 0 unspecified atom stereocenters. The third kappa shape index (κ3) is 6.94. The van der Waals surface area contributed by atoms with E-state index in [2.05, 4.69) is 21.7 Å². The molecule has 1 aromatic carbocycles. The number of carbonyl (C=O) groups is 1. The van der Waals surface area contributed by atoms with Crippen molar-refractivity contribution in [3.63, 3.8) is 0 Å². The van der Waals surface area contributed by atoms with Gasteiger partial charge in [0.2, 0.25) is 0 Å². The van der Waals surface area contributed by atoms with Gasteiger partial charge < -0.3 is 25.0 Å². The van der Waals surface area contributed by atoms with Gasteiger partial charge in [-0.05, 0) is 45.1 Å². The summed E-state index contributed by atoms with van der Waals surface area (Å²) < 4.78 is 11.2. The van der Waals surface area contributed by atoms with Crippen LogP contribution in [0.5, 0.6) is 5.75 Å². The lowest BCUT2D eigenvalue weighted by atomic mass is 9.96. The van der Waals surface area contributed by atoms with Crippen molar-refractivity contribution in [2.75, 3.05) is 26.7 Å². The number of guanidine groups is 1. The first-order valence-corrected chi connectivity index (χ1v) is 10.3. The number of carbonyl (C=O) groups excluding carboxylic acids is 1. The summed E-state index contributed by atoms with van der Waals surface area (Å²) in [5.41, 5.74) is 1.13. The molecule has 0 atom stereocenters. The van der Waals surface area contributed by atoms with Gasteiger partial charge in [0.05, 0.1) is 12.7 Å². The van der Waals surface area contributed by atoms with Gasteiger partial charge in [-0.15, -0.1) is 24.0 Å². The SMILES string of the molecule is CCOC(=O)N1CCC(NC(=NC)NCc2ccccc2OC2CCC2)CC1.I. The van der Waals surface area contributed by atoms with Crippen LogP contribution in [0.3, 0.4) is 0 Å². The molecule has 0 radical (unpaired) electrons. The van der Waals surface area contributed by atoms with Crippen molar-refractivity contribution in [2.45, 2.75) is 57.7 Å². The van der Waals surface area contributed by atoms with Crippen LogP contribution in [-0.4, -0.2) is 55.8 Å². The van der Waals surface area contributed by atoms with Gasteiger partial charge in [0, 0.05) is 38.3 Å². The fourth-order valence-corrected chi connectivity index (χ4v) is 3.42. The van der Waals surface area contributed by atoms with Crippen LogP contribution < -0.4 is 15.4 Å². The number of aliphatic imine (C=N–C) groups is 1. The Morgan fingerprint density at radius 2 is 1.93 bits per heavy atom. The topological polar surface area (TPSA) is 75.2 Å². The van der Waals surface area contributed by atoms with Crippen molar-refractivity contribution in [1.29, 1.82) is 0 Å². The van der Waals surface area contributed by atoms with E-state index in [1.54, 1.807) is 11.9 Å². The van der Waals surface area contributed by atoms with Crippen molar-refractivity contribution in [3.05, 3.63) is 29.8 Å². The van der Waals surface area contributed by atoms with E-state index in [-0.39, 0.29) is 30.1 Å². The Morgan fingerprint density at radius 3 is 2.55 bits per heavy atom. The number of nitrogens with zero attached hydrogens (tertiary/aromatic N) is 2. The number of ether oxygens (including phenoxy) is 2. The van der Waals surface area contributed by atoms with Gasteiger partial charge in [-0.1, -0.05) is 18.2 Å². The van der Waals surface area contributed by atoms with E-state index in [1.165, 1.54) is 6.42 Å². The highest BCUT2D eigenvalue weighted by Crippen LogP contribution is 2.27. The number of nitrogens with one attached hydrogen (secondary N) is 2. The van der Waals surface area contributed by atoms with Gasteiger partial charge in [-0.3, -0.25) is 4.99 Å². The molecule has 1 aliphatic heterocycles. The van der Waals surface area contributed by atoms with Crippen molar-refractivity contribution >= 4 is 36.0 Å². The van der Waals surface area contributed by atoms with Gasteiger partial charge >= 0.3 is 6.09 Å². The lowest BCUT2D eigenvalue weighted by Crippen LogP contribution is -2.49. The second-order valence-corrected chi connectivity index (χ2v) is 7.31. The Hall–Kier alpha value is -1.71. The Bertz CT molecular complexity index is 674. The summed E-state index contributed by atoms with van der Waals surface area (Å²) in [6, 6.07) is 8.47. The number of para-hydroxylation sites is 1. The molecule has 1 aliphatic carbocycles. The molecule has 29 heavy (non-hydrogen) atoms. The largest absolute Gasteiger partial charge is 0.490 e. The molecule has 1 heterocycles. The average molecular weight is 516 g/mol. The Balaban J connectivity index is 0.00000300. The first-order valence-electron chi connectivity index (χ1n) is 10.3. The monoisotopic (exact) mass is 516 g/mol. The maximum Gasteiger partial charge on any atom is 0.409 e. The minimum Gasteiger partial charge on any atom is -0.490 e. The van der Waals surface area contributed by atoms with E-state index in [0.29, 0.717) is 38.4 Å². The third-order valence-corrected chi connectivity index (χ3v) is 5.35. The molecule has 3 rings (SSSR count). The van der Waals surface area contributed by atoms with Gasteiger partial charge in [-0.25, -0.2) is 4.79 Å². The van der Waals surface area contributed by atoms with Crippen molar-refractivity contribution < 1.29 is 14.3 Å². The number of hydrogen-bond donors (Lipinski definition) is 2. The van der Waals surface area contributed by atoms with E-state index in [9.17, 15) is 4.79 Å². The number of halogens is 1. The van der Waals surface area contributed by atoms with E-state index in [4.69, 9.17) is 9.47 Å². The first kappa shape index (κ1) is 23.6. The third-order valence-electron chi connectivity index (χ3n) is 5.35. The van der Waals surface area contributed by atoms with E-state index < -0.39 is 0 Å². The predicted octanol–water partition coefficient (Wildman–Crippen LogP) is 3.52. The standard InChI is InChI=1S/C21H32N4O3.HI/c1-3-27-21(26)25-13-11-17(12-14-25)24-20(22-2)23-15-16-7-4-5-10-19(16)28-18-8-6-9-18;/h4-5,7,10,17-18H,3,6,8-9,11-15H2,1-2H3,(H2,22,23,24);1H. The molecule has 1 aromatic rings. The number of benzene rings is 1. The van der Waals surface area contributed by atoms with E-state index in [1.807, 2.05) is 25.1 Å². The highest BCUT2D eigenvalue weighted by molar-refractivity contribution is 14.0. The summed E-state index contributed by atoms with van der Waals surface area (Å²) >= 11 is 0. The molecule has 162 valence electrons. The number of piperidine rings is 1. The predicted molar refractivity (Wildman–Crippen MR) is 125 cm³/mol. The minimum absolute atomic E-state index is 0. The van der Waals surface area contributed by atoms with Crippen LogP contribution in [0.15, 0.2) is 29.3 Å². The summed E-state index contributed by atoms with van der Waals surface area (Å²) in [6.45, 7) is 4.30. The first-order chi connectivity index (χ1) is 13.7. The Labute approximate surface area is 190 Å². The van der Waals surface area contributed by atoms with E-state index in [0.717, 1.165) is 43.0 Å². The fourth-order valence-electron chi connectivity index (χ4n) is 3.42. The lowest BCUT2D eigenvalue weighted by molar-refractivity contribution is 0.0963. The summed E-state index contributed by atoms with van der Waals surface area (Å²) in [5.74, 6) is 1.73. The van der Waals surface area contributed by atoms with Crippen molar-refractivity contribution in [2.24, 2.45) is 4.99 Å². The van der Waals surface area contributed by atoms with Crippen molar-refractivity contribution in [3.8, 4) is 5.75 Å². The second-order valence-electron chi connectivity index (χ2n) is 7.31. The summed E-state index contributed by atoms with van der Waals surface area (Å²) in [4.78, 5) is 17.9. The highest BCUT2D eigenvalue weighted by atomic mass is 127. The number of likely N-dealkylation sites (tertiary alicyclic amines) is 1. The maximum absolute atomic E-state index is 11.8.